The number of thioether (sulfide) groups is 2. The fourth-order valence-electron chi connectivity index (χ4n) is 1.49. The monoisotopic (exact) mass is 224 g/mol. The van der Waals surface area contributed by atoms with Crippen LogP contribution in [0.25, 0.3) is 0 Å². The molecule has 1 aromatic carbocycles. The number of aldehydes is 1. The van der Waals surface area contributed by atoms with Crippen LogP contribution in [-0.2, 0) is 4.79 Å². The van der Waals surface area contributed by atoms with Crippen molar-refractivity contribution in [3.05, 3.63) is 35.9 Å². The van der Waals surface area contributed by atoms with Crippen LogP contribution >= 0.6 is 23.5 Å². The molecular formula is C11H12OS2. The van der Waals surface area contributed by atoms with Crippen molar-refractivity contribution >= 4 is 29.8 Å². The average molecular weight is 224 g/mol. The number of rotatable bonds is 2. The highest BCUT2D eigenvalue weighted by Gasteiger charge is 2.36. The van der Waals surface area contributed by atoms with Crippen LogP contribution in [-0.4, -0.2) is 16.1 Å². The molecule has 0 aliphatic carbocycles. The smallest absolute Gasteiger partial charge is 0.145 e. The molecular weight excluding hydrogens is 212 g/mol. The van der Waals surface area contributed by atoms with Gasteiger partial charge in [-0.2, -0.15) is 0 Å². The molecule has 1 nitrogen and oxygen atoms in total. The van der Waals surface area contributed by atoms with Crippen molar-refractivity contribution in [1.29, 1.82) is 0 Å². The topological polar surface area (TPSA) is 17.1 Å². The van der Waals surface area contributed by atoms with E-state index in [1.165, 1.54) is 5.56 Å². The Balaban J connectivity index is 2.14. The van der Waals surface area contributed by atoms with Crippen molar-refractivity contribution in [1.82, 2.24) is 0 Å². The first-order valence-corrected chi connectivity index (χ1v) is 6.43. The highest BCUT2D eigenvalue weighted by atomic mass is 32.2. The van der Waals surface area contributed by atoms with Gasteiger partial charge >= 0.3 is 0 Å². The average Bonchev–Trinajstić information content (AvgIpc) is 2.63. The zero-order valence-corrected chi connectivity index (χ0v) is 9.61. The lowest BCUT2D eigenvalue weighted by molar-refractivity contribution is -0.107. The molecule has 2 atom stereocenters. The Labute approximate surface area is 92.7 Å². The lowest BCUT2D eigenvalue weighted by Gasteiger charge is -2.14. The molecule has 0 aromatic heterocycles. The maximum absolute atomic E-state index is 10.9. The number of carbonyl (C=O) groups is 1. The van der Waals surface area contributed by atoms with Gasteiger partial charge < -0.3 is 4.79 Å². The van der Waals surface area contributed by atoms with Crippen molar-refractivity contribution in [3.8, 4) is 0 Å². The molecule has 0 bridgehead atoms. The minimum absolute atomic E-state index is 0.236. The van der Waals surface area contributed by atoms with Gasteiger partial charge in [0, 0.05) is 11.0 Å². The van der Waals surface area contributed by atoms with Gasteiger partial charge in [-0.15, -0.1) is 23.5 Å². The van der Waals surface area contributed by atoms with Gasteiger partial charge in [0.15, 0.2) is 0 Å². The zero-order valence-electron chi connectivity index (χ0n) is 7.97. The van der Waals surface area contributed by atoms with Gasteiger partial charge in [0.1, 0.15) is 10.4 Å². The third-order valence-corrected chi connectivity index (χ3v) is 5.59. The third-order valence-electron chi connectivity index (χ3n) is 2.28. The van der Waals surface area contributed by atoms with E-state index in [2.05, 4.69) is 24.3 Å². The second-order valence-corrected chi connectivity index (χ2v) is 6.84. The van der Waals surface area contributed by atoms with Crippen LogP contribution in [0.3, 0.4) is 0 Å². The number of hydrogen-bond acceptors (Lipinski definition) is 3. The summed E-state index contributed by atoms with van der Waals surface area (Å²) < 4.78 is -0.236. The molecule has 0 saturated carbocycles. The Morgan fingerprint density at radius 3 is 2.71 bits per heavy atom. The van der Waals surface area contributed by atoms with Crippen molar-refractivity contribution in [3.63, 3.8) is 0 Å². The first kappa shape index (κ1) is 10.1. The maximum Gasteiger partial charge on any atom is 0.145 e. The minimum atomic E-state index is -0.236. The van der Waals surface area contributed by atoms with Crippen LogP contribution in [0.1, 0.15) is 17.7 Å². The van der Waals surface area contributed by atoms with Gasteiger partial charge in [-0.1, -0.05) is 30.3 Å². The first-order chi connectivity index (χ1) is 6.73. The fourth-order valence-corrected chi connectivity index (χ4v) is 4.44. The van der Waals surface area contributed by atoms with Gasteiger partial charge in [0.2, 0.25) is 0 Å². The number of carbonyl (C=O) groups excluding carboxylic acids is 1. The standard InChI is InChI=1S/C11H12OS2/c1-11(8-12)13-7-10(14-11)9-5-3-2-4-6-9/h2-6,8,10H,7H2,1H3. The lowest BCUT2D eigenvalue weighted by atomic mass is 10.2. The molecule has 2 unspecified atom stereocenters. The quantitative estimate of drug-likeness (QED) is 0.718. The van der Waals surface area contributed by atoms with Crippen molar-refractivity contribution < 1.29 is 4.79 Å². The van der Waals surface area contributed by atoms with Crippen molar-refractivity contribution in [2.75, 3.05) is 5.75 Å². The fraction of sp³-hybridized carbons (Fsp3) is 0.364. The predicted octanol–water partition coefficient (Wildman–Crippen LogP) is 3.12. The summed E-state index contributed by atoms with van der Waals surface area (Å²) >= 11 is 3.50. The summed E-state index contributed by atoms with van der Waals surface area (Å²) in [4.78, 5) is 10.9. The van der Waals surface area contributed by atoms with E-state index in [4.69, 9.17) is 0 Å². The Hall–Kier alpha value is -0.410. The van der Waals surface area contributed by atoms with Gasteiger partial charge in [0.05, 0.1) is 0 Å². The van der Waals surface area contributed by atoms with E-state index < -0.39 is 0 Å². The largest absolute Gasteiger partial charge is 0.301 e. The summed E-state index contributed by atoms with van der Waals surface area (Å²) in [6.45, 7) is 2.00. The second kappa shape index (κ2) is 3.99. The summed E-state index contributed by atoms with van der Waals surface area (Å²) in [5.74, 6) is 1.03. The molecule has 2 rings (SSSR count). The maximum atomic E-state index is 10.9. The van der Waals surface area contributed by atoms with E-state index in [1.54, 1.807) is 23.5 Å². The normalized spacial score (nSPS) is 31.6. The molecule has 14 heavy (non-hydrogen) atoms. The lowest BCUT2D eigenvalue weighted by Crippen LogP contribution is -2.11. The van der Waals surface area contributed by atoms with E-state index in [0.29, 0.717) is 5.25 Å². The second-order valence-electron chi connectivity index (χ2n) is 3.46. The Bertz CT molecular complexity index is 325. The molecule has 1 heterocycles. The Morgan fingerprint density at radius 1 is 1.43 bits per heavy atom. The van der Waals surface area contributed by atoms with Crippen LogP contribution in [0.4, 0.5) is 0 Å². The van der Waals surface area contributed by atoms with E-state index in [0.717, 1.165) is 12.0 Å². The van der Waals surface area contributed by atoms with Crippen LogP contribution in [0, 0.1) is 0 Å². The van der Waals surface area contributed by atoms with Crippen molar-refractivity contribution in [2.45, 2.75) is 16.3 Å². The summed E-state index contributed by atoms with van der Waals surface area (Å²) in [5.41, 5.74) is 1.33. The predicted molar refractivity (Wildman–Crippen MR) is 63.7 cm³/mol. The van der Waals surface area contributed by atoms with E-state index in [9.17, 15) is 4.79 Å². The first-order valence-electron chi connectivity index (χ1n) is 4.56. The Morgan fingerprint density at radius 2 is 2.14 bits per heavy atom. The molecule has 1 aliphatic rings. The minimum Gasteiger partial charge on any atom is -0.301 e. The molecule has 74 valence electrons. The third kappa shape index (κ3) is 1.98. The molecule has 1 aliphatic heterocycles. The SMILES string of the molecule is CC1(C=O)SCC(c2ccccc2)S1. The molecule has 0 radical (unpaired) electrons. The molecule has 1 aromatic rings. The van der Waals surface area contributed by atoms with Gasteiger partial charge in [-0.3, -0.25) is 0 Å². The number of hydrogen-bond donors (Lipinski definition) is 0. The highest BCUT2D eigenvalue weighted by molar-refractivity contribution is 8.22. The van der Waals surface area contributed by atoms with Crippen molar-refractivity contribution in [2.24, 2.45) is 0 Å². The summed E-state index contributed by atoms with van der Waals surface area (Å²) in [5, 5.41) is 0.469. The van der Waals surface area contributed by atoms with E-state index >= 15 is 0 Å². The van der Waals surface area contributed by atoms with Crippen LogP contribution < -0.4 is 0 Å². The van der Waals surface area contributed by atoms with Crippen LogP contribution in [0.2, 0.25) is 0 Å². The molecule has 0 N–H and O–H groups in total. The van der Waals surface area contributed by atoms with Gasteiger partial charge in [0.25, 0.3) is 0 Å². The molecule has 1 saturated heterocycles. The molecule has 0 spiro atoms. The highest BCUT2D eigenvalue weighted by Crippen LogP contribution is 2.53. The Kier molecular flexibility index (Phi) is 2.88. The summed E-state index contributed by atoms with van der Waals surface area (Å²) in [7, 11) is 0. The van der Waals surface area contributed by atoms with Gasteiger partial charge in [-0.05, 0) is 12.5 Å². The molecule has 3 heteroatoms. The summed E-state index contributed by atoms with van der Waals surface area (Å²) in [6.07, 6.45) is 1.06. The zero-order chi connectivity index (χ0) is 10.0. The van der Waals surface area contributed by atoms with Gasteiger partial charge in [-0.25, -0.2) is 0 Å². The number of benzene rings is 1. The summed E-state index contributed by atoms with van der Waals surface area (Å²) in [6, 6.07) is 10.4. The molecule has 0 amide bonds. The van der Waals surface area contributed by atoms with E-state index in [-0.39, 0.29) is 4.08 Å². The molecule has 1 fully saturated rings. The van der Waals surface area contributed by atoms with E-state index in [1.807, 2.05) is 13.0 Å². The van der Waals surface area contributed by atoms with Crippen LogP contribution in [0.5, 0.6) is 0 Å². The van der Waals surface area contributed by atoms with Crippen LogP contribution in [0.15, 0.2) is 30.3 Å².